The van der Waals surface area contributed by atoms with Crippen molar-refractivity contribution >= 4 is 5.82 Å². The van der Waals surface area contributed by atoms with Gasteiger partial charge in [0.15, 0.2) is 0 Å². The van der Waals surface area contributed by atoms with Crippen LogP contribution in [-0.2, 0) is 4.74 Å². The molecule has 0 saturated carbocycles. The molecule has 3 rings (SSSR count). The van der Waals surface area contributed by atoms with E-state index in [0.29, 0.717) is 11.7 Å². The van der Waals surface area contributed by atoms with E-state index in [1.807, 2.05) is 12.1 Å². The average Bonchev–Trinajstić information content (AvgIpc) is 2.74. The second-order valence-electron chi connectivity index (χ2n) is 7.17. The lowest BCUT2D eigenvalue weighted by atomic mass is 10.1. The van der Waals surface area contributed by atoms with Crippen molar-refractivity contribution in [3.05, 3.63) is 23.9 Å². The van der Waals surface area contributed by atoms with Gasteiger partial charge in [-0.05, 0) is 51.8 Å². The van der Waals surface area contributed by atoms with Crippen LogP contribution in [0, 0.1) is 11.3 Å². The Hall–Kier alpha value is -1.64. The van der Waals surface area contributed by atoms with E-state index in [-0.39, 0.29) is 5.60 Å². The largest absolute Gasteiger partial charge is 0.371 e. The fourth-order valence-electron chi connectivity index (χ4n) is 3.60. The van der Waals surface area contributed by atoms with E-state index in [0.717, 1.165) is 57.8 Å². The Morgan fingerprint density at radius 2 is 2.22 bits per heavy atom. The quantitative estimate of drug-likeness (QED) is 0.857. The van der Waals surface area contributed by atoms with Gasteiger partial charge in [0.2, 0.25) is 0 Å². The van der Waals surface area contributed by atoms with Crippen LogP contribution in [0.25, 0.3) is 0 Å². The highest BCUT2D eigenvalue weighted by atomic mass is 16.5. The van der Waals surface area contributed by atoms with Crippen LogP contribution in [-0.4, -0.2) is 54.3 Å². The summed E-state index contributed by atoms with van der Waals surface area (Å²) in [7, 11) is 0. The molecule has 1 atom stereocenters. The first-order valence-electron chi connectivity index (χ1n) is 8.58. The summed E-state index contributed by atoms with van der Waals surface area (Å²) >= 11 is 0. The van der Waals surface area contributed by atoms with Gasteiger partial charge in [0.1, 0.15) is 11.9 Å². The van der Waals surface area contributed by atoms with Crippen molar-refractivity contribution in [2.24, 2.45) is 0 Å². The molecule has 1 unspecified atom stereocenters. The SMILES string of the molecule is CC1(C)CCC(CN2CCCN(c3ncccc3C#N)CC2)O1. The van der Waals surface area contributed by atoms with Gasteiger partial charge in [-0.3, -0.25) is 4.90 Å². The number of hydrogen-bond acceptors (Lipinski definition) is 5. The van der Waals surface area contributed by atoms with Gasteiger partial charge in [-0.1, -0.05) is 0 Å². The fraction of sp³-hybridized carbons (Fsp3) is 0.667. The third-order valence-corrected chi connectivity index (χ3v) is 4.81. The minimum atomic E-state index is 0.0399. The van der Waals surface area contributed by atoms with E-state index in [4.69, 9.17) is 4.74 Å². The molecule has 0 aliphatic carbocycles. The molecule has 23 heavy (non-hydrogen) atoms. The van der Waals surface area contributed by atoms with Gasteiger partial charge in [0.05, 0.1) is 17.3 Å². The van der Waals surface area contributed by atoms with E-state index in [2.05, 4.69) is 34.7 Å². The fourth-order valence-corrected chi connectivity index (χ4v) is 3.60. The molecule has 5 nitrogen and oxygen atoms in total. The molecule has 2 aliphatic heterocycles. The van der Waals surface area contributed by atoms with Gasteiger partial charge in [-0.2, -0.15) is 5.26 Å². The molecule has 2 aliphatic rings. The zero-order chi connectivity index (χ0) is 16.3. The van der Waals surface area contributed by atoms with Crippen LogP contribution < -0.4 is 4.90 Å². The summed E-state index contributed by atoms with van der Waals surface area (Å²) in [5.41, 5.74) is 0.708. The molecule has 124 valence electrons. The van der Waals surface area contributed by atoms with Crippen LogP contribution in [0.4, 0.5) is 5.82 Å². The van der Waals surface area contributed by atoms with Crippen molar-refractivity contribution in [2.75, 3.05) is 37.6 Å². The van der Waals surface area contributed by atoms with Crippen LogP contribution in [0.15, 0.2) is 18.3 Å². The molecule has 5 heteroatoms. The third kappa shape index (κ3) is 4.01. The summed E-state index contributed by atoms with van der Waals surface area (Å²) in [5, 5.41) is 9.27. The van der Waals surface area contributed by atoms with Crippen molar-refractivity contribution in [3.63, 3.8) is 0 Å². The number of hydrogen-bond donors (Lipinski definition) is 0. The van der Waals surface area contributed by atoms with Crippen molar-refractivity contribution < 1.29 is 4.74 Å². The highest BCUT2D eigenvalue weighted by Crippen LogP contribution is 2.30. The molecule has 3 heterocycles. The molecule has 0 spiro atoms. The molecule has 0 bridgehead atoms. The lowest BCUT2D eigenvalue weighted by Crippen LogP contribution is -2.37. The number of ether oxygens (including phenoxy) is 1. The Balaban J connectivity index is 1.58. The van der Waals surface area contributed by atoms with E-state index < -0.39 is 0 Å². The molecule has 0 N–H and O–H groups in total. The summed E-state index contributed by atoms with van der Waals surface area (Å²) in [5.74, 6) is 0.829. The van der Waals surface area contributed by atoms with E-state index >= 15 is 0 Å². The molecule has 2 fully saturated rings. The first-order chi connectivity index (χ1) is 11.1. The maximum absolute atomic E-state index is 9.27. The average molecular weight is 314 g/mol. The van der Waals surface area contributed by atoms with Crippen molar-refractivity contribution in [2.45, 2.75) is 44.8 Å². The van der Waals surface area contributed by atoms with Crippen LogP contribution >= 0.6 is 0 Å². The Bertz CT molecular complexity index is 581. The first-order valence-corrected chi connectivity index (χ1v) is 8.58. The van der Waals surface area contributed by atoms with Crippen molar-refractivity contribution in [3.8, 4) is 6.07 Å². The smallest absolute Gasteiger partial charge is 0.146 e. The second kappa shape index (κ2) is 6.86. The molecular weight excluding hydrogens is 288 g/mol. The molecule has 0 aromatic carbocycles. The Labute approximate surface area is 138 Å². The van der Waals surface area contributed by atoms with Crippen LogP contribution in [0.2, 0.25) is 0 Å². The van der Waals surface area contributed by atoms with Crippen molar-refractivity contribution in [1.29, 1.82) is 5.26 Å². The van der Waals surface area contributed by atoms with Gasteiger partial charge >= 0.3 is 0 Å². The zero-order valence-electron chi connectivity index (χ0n) is 14.2. The number of anilines is 1. The topological polar surface area (TPSA) is 52.4 Å². The molecular formula is C18H26N4O. The minimum absolute atomic E-state index is 0.0399. The van der Waals surface area contributed by atoms with E-state index in [1.54, 1.807) is 6.20 Å². The maximum atomic E-state index is 9.27. The van der Waals surface area contributed by atoms with E-state index in [1.165, 1.54) is 0 Å². The summed E-state index contributed by atoms with van der Waals surface area (Å²) in [6, 6.07) is 5.93. The zero-order valence-corrected chi connectivity index (χ0v) is 14.2. The number of nitriles is 1. The normalized spacial score (nSPS) is 25.1. The van der Waals surface area contributed by atoms with Gasteiger partial charge in [-0.15, -0.1) is 0 Å². The molecule has 1 aromatic rings. The Morgan fingerprint density at radius 3 is 2.96 bits per heavy atom. The Morgan fingerprint density at radius 1 is 1.35 bits per heavy atom. The first kappa shape index (κ1) is 16.2. The highest BCUT2D eigenvalue weighted by Gasteiger charge is 2.32. The minimum Gasteiger partial charge on any atom is -0.371 e. The Kier molecular flexibility index (Phi) is 4.84. The summed E-state index contributed by atoms with van der Waals surface area (Å²) < 4.78 is 6.13. The number of pyridine rings is 1. The predicted molar refractivity (Wildman–Crippen MR) is 90.4 cm³/mol. The van der Waals surface area contributed by atoms with Crippen LogP contribution in [0.1, 0.15) is 38.7 Å². The number of nitrogens with zero attached hydrogens (tertiary/aromatic N) is 4. The predicted octanol–water partition coefficient (Wildman–Crippen LogP) is 2.42. The van der Waals surface area contributed by atoms with Gasteiger partial charge < -0.3 is 9.64 Å². The van der Waals surface area contributed by atoms with Gasteiger partial charge in [-0.25, -0.2) is 4.98 Å². The standard InChI is InChI=1S/C18H26N4O/c1-18(2)7-6-16(23-18)14-21-9-4-10-22(12-11-21)17-15(13-19)5-3-8-20-17/h3,5,8,16H,4,6-7,9-12,14H2,1-2H3. The molecule has 1 aromatic heterocycles. The molecule has 2 saturated heterocycles. The third-order valence-electron chi connectivity index (χ3n) is 4.81. The monoisotopic (exact) mass is 314 g/mol. The van der Waals surface area contributed by atoms with Crippen LogP contribution in [0.3, 0.4) is 0 Å². The number of rotatable bonds is 3. The number of aromatic nitrogens is 1. The van der Waals surface area contributed by atoms with Gasteiger partial charge in [0.25, 0.3) is 0 Å². The molecule has 0 amide bonds. The highest BCUT2D eigenvalue weighted by molar-refractivity contribution is 5.53. The van der Waals surface area contributed by atoms with Crippen LogP contribution in [0.5, 0.6) is 0 Å². The molecule has 0 radical (unpaired) electrons. The second-order valence-corrected chi connectivity index (χ2v) is 7.17. The van der Waals surface area contributed by atoms with Gasteiger partial charge in [0, 0.05) is 32.4 Å². The summed E-state index contributed by atoms with van der Waals surface area (Å²) in [6.07, 6.45) is 5.54. The van der Waals surface area contributed by atoms with Crippen molar-refractivity contribution in [1.82, 2.24) is 9.88 Å². The lowest BCUT2D eigenvalue weighted by molar-refractivity contribution is -0.0279. The van der Waals surface area contributed by atoms with E-state index in [9.17, 15) is 5.26 Å². The summed E-state index contributed by atoms with van der Waals surface area (Å²) in [6.45, 7) is 9.35. The summed E-state index contributed by atoms with van der Waals surface area (Å²) in [4.78, 5) is 9.17. The lowest BCUT2D eigenvalue weighted by Gasteiger charge is -2.26. The maximum Gasteiger partial charge on any atom is 0.146 e.